The summed E-state index contributed by atoms with van der Waals surface area (Å²) in [4.78, 5) is 15.3. The van der Waals surface area contributed by atoms with Crippen molar-refractivity contribution >= 4 is 6.03 Å². The molecular weight excluding hydrogens is 164 g/mol. The van der Waals surface area contributed by atoms with E-state index in [9.17, 15) is 4.79 Å². The molecule has 1 saturated carbocycles. The number of rotatable bonds is 0. The first-order valence-corrected chi connectivity index (χ1v) is 4.77. The molecule has 0 aromatic heterocycles. The fourth-order valence-electron chi connectivity index (χ4n) is 2.46. The summed E-state index contributed by atoms with van der Waals surface area (Å²) >= 11 is 0. The maximum Gasteiger partial charge on any atom is 0.320 e. The highest BCUT2D eigenvalue weighted by molar-refractivity contribution is 5.77. The van der Waals surface area contributed by atoms with Crippen LogP contribution in [-0.2, 0) is 0 Å². The Balaban J connectivity index is 2.22. The van der Waals surface area contributed by atoms with Gasteiger partial charge in [0.05, 0.1) is 12.1 Å². The van der Waals surface area contributed by atoms with E-state index < -0.39 is 0 Å². The summed E-state index contributed by atoms with van der Waals surface area (Å²) in [5, 5.41) is 0. The van der Waals surface area contributed by atoms with Gasteiger partial charge in [-0.1, -0.05) is 12.2 Å². The number of carbonyl (C=O) groups is 1. The number of likely N-dealkylation sites (N-methyl/N-ethyl adjacent to an activating group) is 2. The highest BCUT2D eigenvalue weighted by Crippen LogP contribution is 2.33. The van der Waals surface area contributed by atoms with Crippen LogP contribution < -0.4 is 0 Å². The van der Waals surface area contributed by atoms with Crippen molar-refractivity contribution in [2.24, 2.45) is 0 Å². The molecule has 0 bridgehead atoms. The molecule has 2 rings (SSSR count). The number of nitrogens with zero attached hydrogens (tertiary/aromatic N) is 2. The van der Waals surface area contributed by atoms with Crippen molar-refractivity contribution in [3.05, 3.63) is 12.2 Å². The minimum absolute atomic E-state index is 0.157. The Morgan fingerprint density at radius 3 is 2.62 bits per heavy atom. The lowest BCUT2D eigenvalue weighted by Crippen LogP contribution is -2.38. The van der Waals surface area contributed by atoms with Gasteiger partial charge in [0.2, 0.25) is 0 Å². The van der Waals surface area contributed by atoms with Crippen LogP contribution in [0.25, 0.3) is 0 Å². The van der Waals surface area contributed by atoms with Gasteiger partial charge < -0.3 is 9.80 Å². The third-order valence-corrected chi connectivity index (χ3v) is 3.33. The first-order chi connectivity index (χ1) is 6.11. The lowest BCUT2D eigenvalue weighted by molar-refractivity contribution is 0.200. The Bertz CT molecular complexity index is 262. The van der Waals surface area contributed by atoms with Crippen molar-refractivity contribution in [2.45, 2.75) is 31.3 Å². The summed E-state index contributed by atoms with van der Waals surface area (Å²) in [5.74, 6) is 0. The molecule has 1 heterocycles. The van der Waals surface area contributed by atoms with E-state index >= 15 is 0 Å². The third-order valence-electron chi connectivity index (χ3n) is 3.33. The largest absolute Gasteiger partial charge is 0.323 e. The molecule has 1 saturated heterocycles. The van der Waals surface area contributed by atoms with Gasteiger partial charge in [-0.2, -0.15) is 0 Å². The molecule has 0 aromatic rings. The van der Waals surface area contributed by atoms with Crippen LogP contribution in [0, 0.1) is 0 Å². The molecule has 2 atom stereocenters. The van der Waals surface area contributed by atoms with Crippen LogP contribution in [0.15, 0.2) is 12.2 Å². The first kappa shape index (κ1) is 8.60. The molecule has 3 heteroatoms. The highest BCUT2D eigenvalue weighted by atomic mass is 16.2. The topological polar surface area (TPSA) is 23.6 Å². The standard InChI is InChI=1S/C10H16N2O/c1-7-4-5-8-9(6-7)12(3)10(13)11(8)2/h8-9H,1,4-6H2,2-3H3. The number of hydrogen-bond acceptors (Lipinski definition) is 1. The highest BCUT2D eigenvalue weighted by Gasteiger charge is 2.43. The van der Waals surface area contributed by atoms with Crippen molar-refractivity contribution in [3.8, 4) is 0 Å². The molecule has 1 aliphatic heterocycles. The fraction of sp³-hybridized carbons (Fsp3) is 0.700. The predicted octanol–water partition coefficient (Wildman–Crippen LogP) is 1.46. The Hall–Kier alpha value is -0.990. The van der Waals surface area contributed by atoms with Gasteiger partial charge >= 0.3 is 6.03 Å². The summed E-state index contributed by atoms with van der Waals surface area (Å²) < 4.78 is 0. The molecule has 0 aromatic carbocycles. The zero-order valence-corrected chi connectivity index (χ0v) is 8.29. The molecule has 3 nitrogen and oxygen atoms in total. The van der Waals surface area contributed by atoms with Gasteiger partial charge in [-0.15, -0.1) is 0 Å². The maximum atomic E-state index is 11.6. The third kappa shape index (κ3) is 1.14. The van der Waals surface area contributed by atoms with E-state index in [1.165, 1.54) is 5.57 Å². The lowest BCUT2D eigenvalue weighted by Gasteiger charge is -2.30. The zero-order valence-electron chi connectivity index (χ0n) is 8.29. The Kier molecular flexibility index (Phi) is 1.82. The molecule has 0 radical (unpaired) electrons. The van der Waals surface area contributed by atoms with E-state index in [1.54, 1.807) is 0 Å². The van der Waals surface area contributed by atoms with Gasteiger partial charge in [-0.25, -0.2) is 4.79 Å². The number of hydrogen-bond donors (Lipinski definition) is 0. The fourth-order valence-corrected chi connectivity index (χ4v) is 2.46. The van der Waals surface area contributed by atoms with Gasteiger partial charge in [0.1, 0.15) is 0 Å². The van der Waals surface area contributed by atoms with E-state index in [0.717, 1.165) is 19.3 Å². The van der Waals surface area contributed by atoms with E-state index in [2.05, 4.69) is 6.58 Å². The van der Waals surface area contributed by atoms with Gasteiger partial charge in [-0.05, 0) is 19.3 Å². The second-order valence-corrected chi connectivity index (χ2v) is 4.13. The molecule has 72 valence electrons. The van der Waals surface area contributed by atoms with E-state index in [1.807, 2.05) is 23.9 Å². The molecule has 2 aliphatic rings. The SMILES string of the molecule is C=C1CCC2C(C1)N(C)C(=O)N2C. The van der Waals surface area contributed by atoms with Crippen LogP contribution in [0.5, 0.6) is 0 Å². The normalized spacial score (nSPS) is 34.0. The molecule has 2 amide bonds. The van der Waals surface area contributed by atoms with Crippen LogP contribution in [-0.4, -0.2) is 42.0 Å². The summed E-state index contributed by atoms with van der Waals surface area (Å²) in [7, 11) is 3.79. The van der Waals surface area contributed by atoms with Crippen LogP contribution in [0.1, 0.15) is 19.3 Å². The Labute approximate surface area is 79.0 Å². The van der Waals surface area contributed by atoms with Crippen LogP contribution >= 0.6 is 0 Å². The average molecular weight is 180 g/mol. The van der Waals surface area contributed by atoms with Crippen molar-refractivity contribution in [2.75, 3.05) is 14.1 Å². The van der Waals surface area contributed by atoms with Crippen molar-refractivity contribution in [1.82, 2.24) is 9.80 Å². The quantitative estimate of drug-likeness (QED) is 0.518. The molecule has 2 unspecified atom stereocenters. The summed E-state index contributed by atoms with van der Waals surface area (Å²) in [6, 6.07) is 0.950. The Morgan fingerprint density at radius 2 is 1.92 bits per heavy atom. The summed E-state index contributed by atoms with van der Waals surface area (Å²) in [6.07, 6.45) is 3.14. The lowest BCUT2D eigenvalue weighted by atomic mass is 9.87. The number of carbonyl (C=O) groups excluding carboxylic acids is 1. The van der Waals surface area contributed by atoms with Gasteiger partial charge in [0, 0.05) is 14.1 Å². The Morgan fingerprint density at radius 1 is 1.31 bits per heavy atom. The van der Waals surface area contributed by atoms with Gasteiger partial charge in [0.25, 0.3) is 0 Å². The van der Waals surface area contributed by atoms with E-state index in [-0.39, 0.29) is 6.03 Å². The van der Waals surface area contributed by atoms with Gasteiger partial charge in [0.15, 0.2) is 0 Å². The minimum atomic E-state index is 0.157. The number of amides is 2. The number of urea groups is 1. The first-order valence-electron chi connectivity index (χ1n) is 4.77. The summed E-state index contributed by atoms with van der Waals surface area (Å²) in [5.41, 5.74) is 1.29. The summed E-state index contributed by atoms with van der Waals surface area (Å²) in [6.45, 7) is 4.00. The van der Waals surface area contributed by atoms with E-state index in [4.69, 9.17) is 0 Å². The number of fused-ring (bicyclic) bond motifs is 1. The smallest absolute Gasteiger partial charge is 0.320 e. The molecule has 1 aliphatic carbocycles. The van der Waals surface area contributed by atoms with Crippen molar-refractivity contribution in [1.29, 1.82) is 0 Å². The predicted molar refractivity (Wildman–Crippen MR) is 51.5 cm³/mol. The molecule has 13 heavy (non-hydrogen) atoms. The van der Waals surface area contributed by atoms with Gasteiger partial charge in [-0.3, -0.25) is 0 Å². The molecule has 2 fully saturated rings. The zero-order chi connectivity index (χ0) is 9.59. The van der Waals surface area contributed by atoms with Crippen molar-refractivity contribution in [3.63, 3.8) is 0 Å². The molecular formula is C10H16N2O. The van der Waals surface area contributed by atoms with Crippen LogP contribution in [0.2, 0.25) is 0 Å². The molecule has 0 N–H and O–H groups in total. The second kappa shape index (κ2) is 2.76. The van der Waals surface area contributed by atoms with E-state index in [0.29, 0.717) is 12.1 Å². The van der Waals surface area contributed by atoms with Crippen LogP contribution in [0.4, 0.5) is 4.79 Å². The molecule has 0 spiro atoms. The minimum Gasteiger partial charge on any atom is -0.323 e. The maximum absolute atomic E-state index is 11.6. The van der Waals surface area contributed by atoms with Crippen LogP contribution in [0.3, 0.4) is 0 Å². The average Bonchev–Trinajstić information content (AvgIpc) is 2.32. The van der Waals surface area contributed by atoms with Crippen molar-refractivity contribution < 1.29 is 4.79 Å². The monoisotopic (exact) mass is 180 g/mol. The second-order valence-electron chi connectivity index (χ2n) is 4.13.